The van der Waals surface area contributed by atoms with Gasteiger partial charge in [0.25, 0.3) is 11.8 Å². The van der Waals surface area contributed by atoms with Crippen molar-refractivity contribution < 1.29 is 18.0 Å². The van der Waals surface area contributed by atoms with Gasteiger partial charge in [-0.3, -0.25) is 4.79 Å². The molecule has 1 aromatic heterocycles. The minimum Gasteiger partial charge on any atom is -0.415 e. The van der Waals surface area contributed by atoms with Crippen LogP contribution in [0, 0.1) is 0 Å². The lowest BCUT2D eigenvalue weighted by molar-refractivity contribution is 0.0996. The summed E-state index contributed by atoms with van der Waals surface area (Å²) in [5.41, 5.74) is 4.33. The van der Waals surface area contributed by atoms with E-state index in [9.17, 15) is 13.6 Å². The average Bonchev–Trinajstić information content (AvgIpc) is 3.40. The van der Waals surface area contributed by atoms with Crippen LogP contribution in [0.2, 0.25) is 5.02 Å². The summed E-state index contributed by atoms with van der Waals surface area (Å²) in [6.45, 7) is 0.394. The van der Waals surface area contributed by atoms with Crippen molar-refractivity contribution in [1.29, 1.82) is 0 Å². The van der Waals surface area contributed by atoms with Crippen molar-refractivity contribution in [3.63, 3.8) is 0 Å². The molecule has 154 valence electrons. The highest BCUT2D eigenvalue weighted by atomic mass is 35.5. The maximum atomic E-state index is 13.2. The van der Waals surface area contributed by atoms with Gasteiger partial charge in [0.05, 0.1) is 12.2 Å². The quantitative estimate of drug-likeness (QED) is 0.384. The summed E-state index contributed by atoms with van der Waals surface area (Å²) in [6.07, 6.45) is -2.85. The molecule has 31 heavy (non-hydrogen) atoms. The van der Waals surface area contributed by atoms with Gasteiger partial charge in [0.15, 0.2) is 0 Å². The predicted octanol–water partition coefficient (Wildman–Crippen LogP) is 6.16. The molecule has 0 bridgehead atoms. The fourth-order valence-corrected chi connectivity index (χ4v) is 3.78. The predicted molar refractivity (Wildman–Crippen MR) is 112 cm³/mol. The van der Waals surface area contributed by atoms with Crippen LogP contribution >= 0.6 is 11.6 Å². The number of carbonyl (C=O) groups is 1. The summed E-state index contributed by atoms with van der Waals surface area (Å²) in [7, 11) is 0. The minimum absolute atomic E-state index is 0.0501. The zero-order chi connectivity index (χ0) is 21.5. The van der Waals surface area contributed by atoms with Crippen molar-refractivity contribution in [2.45, 2.75) is 13.0 Å². The number of nitrogens with zero attached hydrogens (tertiary/aromatic N) is 3. The normalized spacial score (nSPS) is 13.2. The number of para-hydroxylation sites is 1. The lowest BCUT2D eigenvalue weighted by atomic mass is 10.0. The molecule has 0 spiro atoms. The first-order valence-corrected chi connectivity index (χ1v) is 9.81. The Morgan fingerprint density at radius 3 is 2.42 bits per heavy atom. The molecule has 0 radical (unpaired) electrons. The van der Waals surface area contributed by atoms with Gasteiger partial charge < -0.3 is 9.32 Å². The molecular weight excluding hydrogens is 424 g/mol. The third-order valence-electron chi connectivity index (χ3n) is 5.14. The van der Waals surface area contributed by atoms with Gasteiger partial charge in [-0.25, -0.2) is 0 Å². The Hall–Kier alpha value is -3.58. The monoisotopic (exact) mass is 437 g/mol. The molecule has 1 aliphatic rings. The number of aromatic nitrogens is 2. The second kappa shape index (κ2) is 7.59. The van der Waals surface area contributed by atoms with Crippen molar-refractivity contribution in [2.75, 3.05) is 4.90 Å². The summed E-state index contributed by atoms with van der Waals surface area (Å²) in [4.78, 5) is 14.9. The number of alkyl halides is 2. The number of rotatable bonds is 4. The van der Waals surface area contributed by atoms with E-state index in [-0.39, 0.29) is 11.8 Å². The maximum Gasteiger partial charge on any atom is 0.314 e. The third kappa shape index (κ3) is 3.47. The first-order valence-electron chi connectivity index (χ1n) is 9.43. The molecule has 8 heteroatoms. The van der Waals surface area contributed by atoms with Crippen LogP contribution in [0.4, 0.5) is 14.5 Å². The fraction of sp³-hybridized carbons (Fsp3) is 0.0870. The summed E-state index contributed by atoms with van der Waals surface area (Å²) >= 11 is 6.01. The Bertz CT molecular complexity index is 1290. The van der Waals surface area contributed by atoms with E-state index in [0.29, 0.717) is 22.7 Å². The molecule has 0 saturated carbocycles. The van der Waals surface area contributed by atoms with Crippen molar-refractivity contribution >= 4 is 23.2 Å². The zero-order valence-corrected chi connectivity index (χ0v) is 16.7. The zero-order valence-electron chi connectivity index (χ0n) is 15.9. The Morgan fingerprint density at radius 2 is 1.68 bits per heavy atom. The largest absolute Gasteiger partial charge is 0.415 e. The molecule has 5 nitrogen and oxygen atoms in total. The SMILES string of the molecule is O=C1c2cc(-c3nnc(C(F)F)o3)ccc2CN1c1ccccc1-c1ccc(Cl)cc1. The van der Waals surface area contributed by atoms with E-state index in [1.54, 1.807) is 35.2 Å². The van der Waals surface area contributed by atoms with Crippen LogP contribution < -0.4 is 4.90 Å². The van der Waals surface area contributed by atoms with Crippen LogP contribution in [0.25, 0.3) is 22.6 Å². The molecule has 1 amide bonds. The maximum absolute atomic E-state index is 13.2. The van der Waals surface area contributed by atoms with Gasteiger partial charge >= 0.3 is 6.43 Å². The van der Waals surface area contributed by atoms with E-state index in [2.05, 4.69) is 10.2 Å². The number of anilines is 1. The van der Waals surface area contributed by atoms with Crippen LogP contribution in [0.1, 0.15) is 28.2 Å². The van der Waals surface area contributed by atoms with E-state index >= 15 is 0 Å². The second-order valence-corrected chi connectivity index (χ2v) is 7.47. The number of fused-ring (bicyclic) bond motifs is 1. The molecule has 0 N–H and O–H groups in total. The Morgan fingerprint density at radius 1 is 0.935 bits per heavy atom. The molecule has 0 atom stereocenters. The van der Waals surface area contributed by atoms with Crippen LogP contribution in [-0.4, -0.2) is 16.1 Å². The lowest BCUT2D eigenvalue weighted by Crippen LogP contribution is -2.23. The molecule has 3 aromatic carbocycles. The molecule has 1 aliphatic heterocycles. The van der Waals surface area contributed by atoms with E-state index in [1.807, 2.05) is 36.4 Å². The van der Waals surface area contributed by atoms with E-state index < -0.39 is 12.3 Å². The summed E-state index contributed by atoms with van der Waals surface area (Å²) in [5.74, 6) is -0.988. The number of amides is 1. The summed E-state index contributed by atoms with van der Waals surface area (Å²) in [5, 5.41) is 7.64. The number of hydrogen-bond donors (Lipinski definition) is 0. The van der Waals surface area contributed by atoms with Crippen LogP contribution in [0.3, 0.4) is 0 Å². The molecular formula is C23H14ClF2N3O2. The molecule has 0 fully saturated rings. The van der Waals surface area contributed by atoms with Crippen molar-refractivity contribution in [2.24, 2.45) is 0 Å². The smallest absolute Gasteiger partial charge is 0.314 e. The standard InChI is InChI=1S/C23H14ClF2N3O2/c24-16-9-7-13(8-10-16)17-3-1-2-4-19(17)29-12-15-6-5-14(11-18(15)23(29)30)21-27-28-22(31-21)20(25)26/h1-11,20H,12H2. The highest BCUT2D eigenvalue weighted by Crippen LogP contribution is 2.37. The van der Waals surface area contributed by atoms with Crippen LogP contribution in [-0.2, 0) is 6.54 Å². The second-order valence-electron chi connectivity index (χ2n) is 7.03. The number of carbonyl (C=O) groups excluding carboxylic acids is 1. The highest BCUT2D eigenvalue weighted by molar-refractivity contribution is 6.30. The third-order valence-corrected chi connectivity index (χ3v) is 5.39. The number of halogens is 3. The molecule has 0 aliphatic carbocycles. The van der Waals surface area contributed by atoms with Gasteiger partial charge in [0.1, 0.15) is 0 Å². The van der Waals surface area contributed by atoms with E-state index in [4.69, 9.17) is 16.0 Å². The molecule has 0 unspecified atom stereocenters. The van der Waals surface area contributed by atoms with Gasteiger partial charge in [-0.2, -0.15) is 8.78 Å². The topological polar surface area (TPSA) is 59.2 Å². The molecule has 4 aromatic rings. The molecule has 5 rings (SSSR count). The number of benzene rings is 3. The molecule has 2 heterocycles. The van der Waals surface area contributed by atoms with E-state index in [0.717, 1.165) is 22.4 Å². The van der Waals surface area contributed by atoms with Gasteiger partial charge in [-0.1, -0.05) is 48.0 Å². The van der Waals surface area contributed by atoms with Gasteiger partial charge in [-0.05, 0) is 41.5 Å². The Balaban J connectivity index is 1.50. The van der Waals surface area contributed by atoms with E-state index in [1.165, 1.54) is 0 Å². The minimum atomic E-state index is -2.85. The Kier molecular flexibility index (Phi) is 4.75. The highest BCUT2D eigenvalue weighted by Gasteiger charge is 2.31. The lowest BCUT2D eigenvalue weighted by Gasteiger charge is -2.20. The van der Waals surface area contributed by atoms with Crippen LogP contribution in [0.5, 0.6) is 0 Å². The van der Waals surface area contributed by atoms with Crippen molar-refractivity contribution in [3.05, 3.63) is 88.8 Å². The van der Waals surface area contributed by atoms with Gasteiger partial charge in [0.2, 0.25) is 5.89 Å². The van der Waals surface area contributed by atoms with Crippen LogP contribution in [0.15, 0.2) is 71.1 Å². The summed E-state index contributed by atoms with van der Waals surface area (Å²) < 4.78 is 30.5. The van der Waals surface area contributed by atoms with Crippen molar-refractivity contribution in [3.8, 4) is 22.6 Å². The van der Waals surface area contributed by atoms with Gasteiger partial charge in [-0.15, -0.1) is 10.2 Å². The van der Waals surface area contributed by atoms with Crippen molar-refractivity contribution in [1.82, 2.24) is 10.2 Å². The average molecular weight is 438 g/mol. The fourth-order valence-electron chi connectivity index (χ4n) is 3.65. The van der Waals surface area contributed by atoms with Gasteiger partial charge in [0, 0.05) is 21.7 Å². The molecule has 0 saturated heterocycles. The summed E-state index contributed by atoms with van der Waals surface area (Å²) in [6, 6.07) is 20.1. The first kappa shape index (κ1) is 19.4. The number of hydrogen-bond acceptors (Lipinski definition) is 4. The first-order chi connectivity index (χ1) is 15.0. The Labute approximate surface area is 180 Å².